The lowest BCUT2D eigenvalue weighted by Gasteiger charge is -2.11. The van der Waals surface area contributed by atoms with Crippen LogP contribution in [0.5, 0.6) is 5.75 Å². The lowest BCUT2D eigenvalue weighted by atomic mass is 10.1. The monoisotopic (exact) mass is 220 g/mol. The summed E-state index contributed by atoms with van der Waals surface area (Å²) in [5.74, 6) is -0.363. The molecule has 0 spiro atoms. The summed E-state index contributed by atoms with van der Waals surface area (Å²) in [6.07, 6.45) is 0. The molecule has 0 amide bonds. The number of nitriles is 1. The van der Waals surface area contributed by atoms with E-state index >= 15 is 0 Å². The highest BCUT2D eigenvalue weighted by atomic mass is 16.5. The van der Waals surface area contributed by atoms with Crippen LogP contribution in [0.1, 0.15) is 11.6 Å². The van der Waals surface area contributed by atoms with E-state index in [0.29, 0.717) is 11.3 Å². The minimum absolute atomic E-state index is 0.255. The van der Waals surface area contributed by atoms with Gasteiger partial charge in [-0.05, 0) is 17.7 Å². The van der Waals surface area contributed by atoms with Gasteiger partial charge in [-0.1, -0.05) is 12.1 Å². The molecular formula is C11H12N2O3. The molecule has 0 aliphatic rings. The second-order valence-electron chi connectivity index (χ2n) is 3.11. The Morgan fingerprint density at radius 1 is 1.69 bits per heavy atom. The molecular weight excluding hydrogens is 208 g/mol. The van der Waals surface area contributed by atoms with Crippen LogP contribution >= 0.6 is 0 Å². The number of nitrogens with one attached hydrogen (secondary N) is 1. The van der Waals surface area contributed by atoms with E-state index in [2.05, 4.69) is 5.32 Å². The fourth-order valence-corrected chi connectivity index (χ4v) is 1.25. The highest BCUT2D eigenvalue weighted by molar-refractivity contribution is 5.69. The average molecular weight is 220 g/mol. The first-order valence-electron chi connectivity index (χ1n) is 4.66. The number of hydrogen-bond acceptors (Lipinski definition) is 4. The second-order valence-corrected chi connectivity index (χ2v) is 3.11. The zero-order chi connectivity index (χ0) is 12.0. The molecule has 1 aromatic carbocycles. The van der Waals surface area contributed by atoms with Crippen LogP contribution in [0.3, 0.4) is 0 Å². The maximum Gasteiger partial charge on any atom is 0.317 e. The average Bonchev–Trinajstić information content (AvgIpc) is 2.30. The van der Waals surface area contributed by atoms with E-state index in [1.165, 1.54) is 7.11 Å². The van der Waals surface area contributed by atoms with Gasteiger partial charge in [0.1, 0.15) is 11.8 Å². The molecule has 0 bridgehead atoms. The van der Waals surface area contributed by atoms with Crippen LogP contribution in [0.25, 0.3) is 0 Å². The summed E-state index contributed by atoms with van der Waals surface area (Å²) in [6, 6.07) is 8.30. The molecule has 5 heteroatoms. The third kappa shape index (κ3) is 3.26. The molecule has 1 aromatic rings. The summed E-state index contributed by atoms with van der Waals surface area (Å²) in [7, 11) is 1.53. The zero-order valence-electron chi connectivity index (χ0n) is 8.80. The molecule has 1 rings (SSSR count). The first kappa shape index (κ1) is 12.0. The van der Waals surface area contributed by atoms with E-state index in [1.807, 2.05) is 6.07 Å². The van der Waals surface area contributed by atoms with Crippen LogP contribution < -0.4 is 10.1 Å². The van der Waals surface area contributed by atoms with Gasteiger partial charge in [0.25, 0.3) is 0 Å². The molecule has 5 nitrogen and oxygen atoms in total. The standard InChI is InChI=1S/C11H12N2O3/c1-16-9-4-2-3-8(5-9)10(6-12)13-7-11(14)15/h2-5,10,13H,7H2,1H3,(H,14,15). The Labute approximate surface area is 93.3 Å². The van der Waals surface area contributed by atoms with Gasteiger partial charge in [0.15, 0.2) is 0 Å². The van der Waals surface area contributed by atoms with Crippen molar-refractivity contribution >= 4 is 5.97 Å². The van der Waals surface area contributed by atoms with Crippen LogP contribution in [0, 0.1) is 11.3 Å². The zero-order valence-corrected chi connectivity index (χ0v) is 8.80. The molecule has 0 saturated carbocycles. The van der Waals surface area contributed by atoms with Gasteiger partial charge in [-0.2, -0.15) is 5.26 Å². The van der Waals surface area contributed by atoms with Crippen molar-refractivity contribution in [1.29, 1.82) is 5.26 Å². The van der Waals surface area contributed by atoms with Crippen molar-refractivity contribution in [1.82, 2.24) is 5.32 Å². The van der Waals surface area contributed by atoms with Crippen LogP contribution in [-0.2, 0) is 4.79 Å². The highest BCUT2D eigenvalue weighted by Gasteiger charge is 2.11. The van der Waals surface area contributed by atoms with Crippen molar-refractivity contribution in [3.8, 4) is 11.8 Å². The third-order valence-electron chi connectivity index (χ3n) is 2.01. The van der Waals surface area contributed by atoms with Crippen LogP contribution in [0.4, 0.5) is 0 Å². The summed E-state index contributed by atoms with van der Waals surface area (Å²) in [4.78, 5) is 10.4. The Hall–Kier alpha value is -2.06. The topological polar surface area (TPSA) is 82.3 Å². The number of rotatable bonds is 5. The Balaban J connectivity index is 2.79. The molecule has 84 valence electrons. The molecule has 0 aliphatic heterocycles. The van der Waals surface area contributed by atoms with Gasteiger partial charge < -0.3 is 9.84 Å². The van der Waals surface area contributed by atoms with Gasteiger partial charge in [-0.15, -0.1) is 0 Å². The maximum atomic E-state index is 10.4. The van der Waals surface area contributed by atoms with Crippen molar-refractivity contribution in [3.05, 3.63) is 29.8 Å². The predicted molar refractivity (Wildman–Crippen MR) is 57.0 cm³/mol. The predicted octanol–water partition coefficient (Wildman–Crippen LogP) is 0.934. The van der Waals surface area contributed by atoms with Gasteiger partial charge in [0.2, 0.25) is 0 Å². The number of aliphatic carboxylic acids is 1. The molecule has 2 N–H and O–H groups in total. The molecule has 0 fully saturated rings. The van der Waals surface area contributed by atoms with Crippen LogP contribution in [0.2, 0.25) is 0 Å². The minimum Gasteiger partial charge on any atom is -0.497 e. The Morgan fingerprint density at radius 2 is 2.44 bits per heavy atom. The van der Waals surface area contributed by atoms with E-state index in [-0.39, 0.29) is 6.54 Å². The fourth-order valence-electron chi connectivity index (χ4n) is 1.25. The minimum atomic E-state index is -0.997. The fraction of sp³-hybridized carbons (Fsp3) is 0.273. The van der Waals surface area contributed by atoms with E-state index in [4.69, 9.17) is 15.1 Å². The summed E-state index contributed by atoms with van der Waals surface area (Å²) in [5, 5.41) is 20.0. The normalized spacial score (nSPS) is 11.5. The number of carboxylic acid groups (broad SMARTS) is 1. The van der Waals surface area contributed by atoms with Gasteiger partial charge in [0, 0.05) is 0 Å². The summed E-state index contributed by atoms with van der Waals surface area (Å²) >= 11 is 0. The van der Waals surface area contributed by atoms with Crippen LogP contribution in [0.15, 0.2) is 24.3 Å². The summed E-state index contributed by atoms with van der Waals surface area (Å²) in [5.41, 5.74) is 0.683. The van der Waals surface area contributed by atoms with E-state index in [0.717, 1.165) is 0 Å². The van der Waals surface area contributed by atoms with Crippen molar-refractivity contribution in [2.75, 3.05) is 13.7 Å². The number of nitrogens with zero attached hydrogens (tertiary/aromatic N) is 1. The molecule has 0 aromatic heterocycles. The Bertz CT molecular complexity index is 412. The number of carbonyl (C=O) groups is 1. The number of methoxy groups -OCH3 is 1. The third-order valence-corrected chi connectivity index (χ3v) is 2.01. The van der Waals surface area contributed by atoms with Crippen molar-refractivity contribution < 1.29 is 14.6 Å². The largest absolute Gasteiger partial charge is 0.497 e. The smallest absolute Gasteiger partial charge is 0.317 e. The van der Waals surface area contributed by atoms with E-state index < -0.39 is 12.0 Å². The SMILES string of the molecule is COc1cccc(C(C#N)NCC(=O)O)c1. The first-order chi connectivity index (χ1) is 7.67. The molecule has 0 radical (unpaired) electrons. The lowest BCUT2D eigenvalue weighted by Crippen LogP contribution is -2.26. The van der Waals surface area contributed by atoms with E-state index in [1.54, 1.807) is 24.3 Å². The molecule has 0 saturated heterocycles. The number of hydrogen-bond donors (Lipinski definition) is 2. The summed E-state index contributed by atoms with van der Waals surface area (Å²) < 4.78 is 5.02. The number of benzene rings is 1. The Morgan fingerprint density at radius 3 is 3.00 bits per heavy atom. The number of carboxylic acids is 1. The maximum absolute atomic E-state index is 10.4. The summed E-state index contributed by atoms with van der Waals surface area (Å²) in [6.45, 7) is -0.255. The molecule has 1 atom stereocenters. The van der Waals surface area contributed by atoms with Crippen LogP contribution in [-0.4, -0.2) is 24.7 Å². The highest BCUT2D eigenvalue weighted by Crippen LogP contribution is 2.18. The van der Waals surface area contributed by atoms with Crippen molar-refractivity contribution in [2.24, 2.45) is 0 Å². The van der Waals surface area contributed by atoms with Crippen molar-refractivity contribution in [3.63, 3.8) is 0 Å². The van der Waals surface area contributed by atoms with Crippen molar-refractivity contribution in [2.45, 2.75) is 6.04 Å². The van der Waals surface area contributed by atoms with E-state index in [9.17, 15) is 4.79 Å². The molecule has 0 aliphatic carbocycles. The lowest BCUT2D eigenvalue weighted by molar-refractivity contribution is -0.136. The Kier molecular flexibility index (Phi) is 4.30. The number of ether oxygens (including phenoxy) is 1. The van der Waals surface area contributed by atoms with Gasteiger partial charge >= 0.3 is 5.97 Å². The van der Waals surface area contributed by atoms with Gasteiger partial charge in [0.05, 0.1) is 19.7 Å². The molecule has 16 heavy (non-hydrogen) atoms. The molecule has 0 heterocycles. The van der Waals surface area contributed by atoms with Gasteiger partial charge in [-0.3, -0.25) is 10.1 Å². The van der Waals surface area contributed by atoms with Gasteiger partial charge in [-0.25, -0.2) is 0 Å². The molecule has 1 unspecified atom stereocenters. The second kappa shape index (κ2) is 5.73. The quantitative estimate of drug-likeness (QED) is 0.771. The first-order valence-corrected chi connectivity index (χ1v) is 4.66.